The molecule has 0 amide bonds. The lowest BCUT2D eigenvalue weighted by Crippen LogP contribution is -2.18. The van der Waals surface area contributed by atoms with E-state index in [2.05, 4.69) is 12.1 Å². The molecule has 1 unspecified atom stereocenters. The average Bonchev–Trinajstić information content (AvgIpc) is 2.19. The van der Waals surface area contributed by atoms with Crippen LogP contribution < -0.4 is 5.73 Å². The number of hydrogen-bond acceptors (Lipinski definition) is 2. The SMILES string of the molecule is COCC1CCc2cc(N)ccc2C1. The molecule has 2 N–H and O–H groups in total. The van der Waals surface area contributed by atoms with Gasteiger partial charge in [0, 0.05) is 19.4 Å². The number of ether oxygens (including phenoxy) is 1. The first-order chi connectivity index (χ1) is 6.79. The van der Waals surface area contributed by atoms with E-state index in [1.165, 1.54) is 17.5 Å². The summed E-state index contributed by atoms with van der Waals surface area (Å²) in [6, 6.07) is 6.26. The van der Waals surface area contributed by atoms with Gasteiger partial charge in [0.15, 0.2) is 0 Å². The molecule has 1 aliphatic rings. The van der Waals surface area contributed by atoms with E-state index in [1.54, 1.807) is 7.11 Å². The van der Waals surface area contributed by atoms with E-state index in [4.69, 9.17) is 10.5 Å². The minimum atomic E-state index is 0.691. The first-order valence-corrected chi connectivity index (χ1v) is 5.16. The van der Waals surface area contributed by atoms with Crippen LogP contribution >= 0.6 is 0 Å². The molecule has 0 aromatic heterocycles. The molecule has 0 heterocycles. The van der Waals surface area contributed by atoms with Crippen molar-refractivity contribution in [3.63, 3.8) is 0 Å². The smallest absolute Gasteiger partial charge is 0.0493 e. The van der Waals surface area contributed by atoms with Gasteiger partial charge in [-0.3, -0.25) is 0 Å². The molecular formula is C12H17NO. The van der Waals surface area contributed by atoms with Crippen LogP contribution in [0.5, 0.6) is 0 Å². The number of anilines is 1. The zero-order valence-corrected chi connectivity index (χ0v) is 8.62. The van der Waals surface area contributed by atoms with Gasteiger partial charge in [-0.1, -0.05) is 6.07 Å². The second kappa shape index (κ2) is 4.01. The predicted molar refractivity (Wildman–Crippen MR) is 58.2 cm³/mol. The summed E-state index contributed by atoms with van der Waals surface area (Å²) in [5.41, 5.74) is 9.51. The van der Waals surface area contributed by atoms with E-state index in [-0.39, 0.29) is 0 Å². The summed E-state index contributed by atoms with van der Waals surface area (Å²) in [4.78, 5) is 0. The van der Waals surface area contributed by atoms with Crippen LogP contribution in [0.4, 0.5) is 5.69 Å². The van der Waals surface area contributed by atoms with Crippen molar-refractivity contribution in [2.75, 3.05) is 19.5 Å². The van der Waals surface area contributed by atoms with Gasteiger partial charge in [0.05, 0.1) is 0 Å². The van der Waals surface area contributed by atoms with Crippen LogP contribution in [0.1, 0.15) is 17.5 Å². The lowest BCUT2D eigenvalue weighted by Gasteiger charge is -2.24. The Hall–Kier alpha value is -1.02. The summed E-state index contributed by atoms with van der Waals surface area (Å²) in [7, 11) is 1.78. The highest BCUT2D eigenvalue weighted by atomic mass is 16.5. The van der Waals surface area contributed by atoms with Gasteiger partial charge >= 0.3 is 0 Å². The van der Waals surface area contributed by atoms with Crippen LogP contribution in [0, 0.1) is 5.92 Å². The maximum absolute atomic E-state index is 5.75. The number of hydrogen-bond donors (Lipinski definition) is 1. The Balaban J connectivity index is 2.15. The standard InChI is InChI=1S/C12H17NO/c1-14-8-9-2-3-11-7-12(13)5-4-10(11)6-9/h4-5,7,9H,2-3,6,8,13H2,1H3. The molecule has 2 heteroatoms. The van der Waals surface area contributed by atoms with E-state index in [0.717, 1.165) is 25.1 Å². The van der Waals surface area contributed by atoms with E-state index in [0.29, 0.717) is 5.92 Å². The summed E-state index contributed by atoms with van der Waals surface area (Å²) >= 11 is 0. The van der Waals surface area contributed by atoms with Gasteiger partial charge in [-0.05, 0) is 48.4 Å². The van der Waals surface area contributed by atoms with Crippen molar-refractivity contribution in [3.05, 3.63) is 29.3 Å². The lowest BCUT2D eigenvalue weighted by atomic mass is 9.84. The maximum Gasteiger partial charge on any atom is 0.0493 e. The first kappa shape index (κ1) is 9.53. The third-order valence-corrected chi connectivity index (χ3v) is 2.96. The Morgan fingerprint density at radius 3 is 3.07 bits per heavy atom. The predicted octanol–water partition coefficient (Wildman–Crippen LogP) is 2.02. The minimum Gasteiger partial charge on any atom is -0.399 e. The normalized spacial score (nSPS) is 20.5. The molecule has 76 valence electrons. The van der Waals surface area contributed by atoms with Crippen LogP contribution in [-0.2, 0) is 17.6 Å². The summed E-state index contributed by atoms with van der Waals surface area (Å²) in [5.74, 6) is 0.691. The Labute approximate surface area is 85.1 Å². The minimum absolute atomic E-state index is 0.691. The molecule has 1 aliphatic carbocycles. The fourth-order valence-electron chi connectivity index (χ4n) is 2.23. The molecule has 0 saturated carbocycles. The molecule has 1 aromatic rings. The Kier molecular flexibility index (Phi) is 2.73. The fraction of sp³-hybridized carbons (Fsp3) is 0.500. The monoisotopic (exact) mass is 191 g/mol. The third-order valence-electron chi connectivity index (χ3n) is 2.96. The van der Waals surface area contributed by atoms with Crippen LogP contribution in [0.25, 0.3) is 0 Å². The van der Waals surface area contributed by atoms with Crippen LogP contribution in [0.15, 0.2) is 18.2 Å². The molecule has 2 nitrogen and oxygen atoms in total. The van der Waals surface area contributed by atoms with Crippen LogP contribution in [0.2, 0.25) is 0 Å². The Bertz CT molecular complexity index is 322. The highest BCUT2D eigenvalue weighted by Crippen LogP contribution is 2.27. The first-order valence-electron chi connectivity index (χ1n) is 5.16. The van der Waals surface area contributed by atoms with Crippen molar-refractivity contribution in [1.29, 1.82) is 0 Å². The van der Waals surface area contributed by atoms with Crippen molar-refractivity contribution in [2.45, 2.75) is 19.3 Å². The third kappa shape index (κ3) is 1.90. The molecule has 14 heavy (non-hydrogen) atoms. The molecule has 2 rings (SSSR count). The molecule has 0 bridgehead atoms. The zero-order chi connectivity index (χ0) is 9.97. The number of aryl methyl sites for hydroxylation is 1. The number of rotatable bonds is 2. The van der Waals surface area contributed by atoms with Crippen LogP contribution in [0.3, 0.4) is 0 Å². The number of benzene rings is 1. The Morgan fingerprint density at radius 1 is 1.43 bits per heavy atom. The van der Waals surface area contributed by atoms with Crippen molar-refractivity contribution < 1.29 is 4.74 Å². The Morgan fingerprint density at radius 2 is 2.29 bits per heavy atom. The molecule has 0 saturated heterocycles. The largest absolute Gasteiger partial charge is 0.399 e. The van der Waals surface area contributed by atoms with Gasteiger partial charge in [-0.2, -0.15) is 0 Å². The van der Waals surface area contributed by atoms with E-state index in [9.17, 15) is 0 Å². The van der Waals surface area contributed by atoms with Gasteiger partial charge in [-0.15, -0.1) is 0 Å². The zero-order valence-electron chi connectivity index (χ0n) is 8.62. The molecule has 0 spiro atoms. The van der Waals surface area contributed by atoms with Gasteiger partial charge in [0.25, 0.3) is 0 Å². The molecule has 1 aromatic carbocycles. The molecule has 0 fully saturated rings. The van der Waals surface area contributed by atoms with E-state index >= 15 is 0 Å². The summed E-state index contributed by atoms with van der Waals surface area (Å²) < 4.78 is 5.20. The number of nitrogen functional groups attached to an aromatic ring is 1. The topological polar surface area (TPSA) is 35.2 Å². The quantitative estimate of drug-likeness (QED) is 0.726. The van der Waals surface area contributed by atoms with Crippen molar-refractivity contribution in [1.82, 2.24) is 0 Å². The number of methoxy groups -OCH3 is 1. The van der Waals surface area contributed by atoms with E-state index < -0.39 is 0 Å². The maximum atomic E-state index is 5.75. The van der Waals surface area contributed by atoms with Crippen molar-refractivity contribution in [2.24, 2.45) is 5.92 Å². The number of fused-ring (bicyclic) bond motifs is 1. The average molecular weight is 191 g/mol. The summed E-state index contributed by atoms with van der Waals surface area (Å²) in [5, 5.41) is 0. The van der Waals surface area contributed by atoms with Gasteiger partial charge < -0.3 is 10.5 Å². The van der Waals surface area contributed by atoms with Crippen molar-refractivity contribution in [3.8, 4) is 0 Å². The molecule has 0 aliphatic heterocycles. The summed E-state index contributed by atoms with van der Waals surface area (Å²) in [6.07, 6.45) is 3.52. The highest BCUT2D eigenvalue weighted by molar-refractivity contribution is 5.45. The van der Waals surface area contributed by atoms with Gasteiger partial charge in [0.1, 0.15) is 0 Å². The second-order valence-electron chi connectivity index (χ2n) is 4.09. The summed E-state index contributed by atoms with van der Waals surface area (Å²) in [6.45, 7) is 0.879. The fourth-order valence-corrected chi connectivity index (χ4v) is 2.23. The number of nitrogens with two attached hydrogens (primary N) is 1. The lowest BCUT2D eigenvalue weighted by molar-refractivity contribution is 0.145. The van der Waals surface area contributed by atoms with Crippen LogP contribution in [-0.4, -0.2) is 13.7 Å². The van der Waals surface area contributed by atoms with Gasteiger partial charge in [-0.25, -0.2) is 0 Å². The van der Waals surface area contributed by atoms with E-state index in [1.807, 2.05) is 6.07 Å². The highest BCUT2D eigenvalue weighted by Gasteiger charge is 2.18. The van der Waals surface area contributed by atoms with Crippen molar-refractivity contribution >= 4 is 5.69 Å². The van der Waals surface area contributed by atoms with Gasteiger partial charge in [0.2, 0.25) is 0 Å². The molecule has 1 atom stereocenters. The molecule has 0 radical (unpaired) electrons. The second-order valence-corrected chi connectivity index (χ2v) is 4.09. The molecular weight excluding hydrogens is 174 g/mol.